The summed E-state index contributed by atoms with van der Waals surface area (Å²) in [5.41, 5.74) is 6.74. The highest BCUT2D eigenvalue weighted by molar-refractivity contribution is 6.36. The number of pyridine rings is 2. The number of carboxylic acids is 1. The molecule has 276 valence electrons. The highest BCUT2D eigenvalue weighted by Crippen LogP contribution is 2.58. The normalized spacial score (nSPS) is 23.0. The van der Waals surface area contributed by atoms with E-state index >= 15 is 0 Å². The molecule has 4 heterocycles. The zero-order valence-electron chi connectivity index (χ0n) is 29.6. The third-order valence-electron chi connectivity index (χ3n) is 11.3. The van der Waals surface area contributed by atoms with Crippen LogP contribution in [0.1, 0.15) is 60.5 Å². The number of likely N-dealkylation sites (tertiary alicyclic amines) is 1. The number of carbonyl (C=O) groups is 2. The van der Waals surface area contributed by atoms with Gasteiger partial charge in [-0.25, -0.2) is 4.98 Å². The minimum atomic E-state index is -0.715. The molecule has 4 atom stereocenters. The largest absolute Gasteiger partial charge is 0.481 e. The van der Waals surface area contributed by atoms with Gasteiger partial charge in [0.15, 0.2) is 0 Å². The molecule has 2 saturated heterocycles. The number of hydrogen-bond donors (Lipinski definition) is 3. The maximum atomic E-state index is 11.8. The number of benzene rings is 2. The molecule has 0 bridgehead atoms. The molecule has 4 aliphatic rings. The highest BCUT2D eigenvalue weighted by atomic mass is 35.5. The van der Waals surface area contributed by atoms with E-state index in [-0.39, 0.29) is 24.1 Å². The maximum absolute atomic E-state index is 11.8. The van der Waals surface area contributed by atoms with Gasteiger partial charge in [-0.2, -0.15) is 4.98 Å². The van der Waals surface area contributed by atoms with Crippen molar-refractivity contribution < 1.29 is 28.9 Å². The molecule has 13 heteroatoms. The fourth-order valence-electron chi connectivity index (χ4n) is 8.35. The van der Waals surface area contributed by atoms with Crippen LogP contribution >= 0.6 is 23.2 Å². The fraction of sp³-hybridized carbons (Fsp3) is 0.400. The average molecular weight is 759 g/mol. The van der Waals surface area contributed by atoms with Crippen molar-refractivity contribution in [2.45, 2.75) is 69.8 Å². The van der Waals surface area contributed by atoms with Gasteiger partial charge in [-0.3, -0.25) is 14.5 Å². The lowest BCUT2D eigenvalue weighted by atomic mass is 9.94. The van der Waals surface area contributed by atoms with Gasteiger partial charge < -0.3 is 30.0 Å². The van der Waals surface area contributed by atoms with Crippen molar-refractivity contribution in [2.75, 3.05) is 27.3 Å². The Morgan fingerprint density at radius 2 is 1.75 bits per heavy atom. The monoisotopic (exact) mass is 757 g/mol. The number of carbonyl (C=O) groups excluding carboxylic acids is 1. The number of fused-ring (bicyclic) bond motifs is 2. The van der Waals surface area contributed by atoms with Crippen molar-refractivity contribution in [1.82, 2.24) is 25.5 Å². The number of nitrogens with zero attached hydrogens (tertiary/aromatic N) is 3. The third-order valence-corrected chi connectivity index (χ3v) is 11.9. The Balaban J connectivity index is 0.993. The van der Waals surface area contributed by atoms with Gasteiger partial charge in [0.25, 0.3) is 0 Å². The predicted octanol–water partition coefficient (Wildman–Crippen LogP) is 6.62. The lowest BCUT2D eigenvalue weighted by Crippen LogP contribution is -2.35. The molecule has 8 rings (SSSR count). The average Bonchev–Trinajstić information content (AvgIpc) is 3.35. The fourth-order valence-corrected chi connectivity index (χ4v) is 8.89. The summed E-state index contributed by atoms with van der Waals surface area (Å²) in [6.45, 7) is 2.46. The Bertz CT molecular complexity index is 2100. The zero-order valence-corrected chi connectivity index (χ0v) is 31.1. The molecule has 1 saturated carbocycles. The van der Waals surface area contributed by atoms with Crippen LogP contribution < -0.4 is 24.8 Å². The first-order valence-electron chi connectivity index (χ1n) is 18.0. The first-order valence-corrected chi connectivity index (χ1v) is 18.8. The quantitative estimate of drug-likeness (QED) is 0.137. The molecule has 0 spiro atoms. The number of aliphatic carboxylic acids is 1. The Labute approximate surface area is 318 Å². The van der Waals surface area contributed by atoms with Gasteiger partial charge in [-0.1, -0.05) is 65.7 Å². The second kappa shape index (κ2) is 14.4. The molecule has 11 nitrogen and oxygen atoms in total. The summed E-state index contributed by atoms with van der Waals surface area (Å²) in [6, 6.07) is 18.1. The first-order chi connectivity index (χ1) is 25.7. The van der Waals surface area contributed by atoms with Crippen molar-refractivity contribution in [3.8, 4) is 40.0 Å². The molecule has 2 aromatic heterocycles. The van der Waals surface area contributed by atoms with E-state index in [1.54, 1.807) is 14.2 Å². The Morgan fingerprint density at radius 1 is 0.981 bits per heavy atom. The van der Waals surface area contributed by atoms with Gasteiger partial charge >= 0.3 is 5.97 Å². The van der Waals surface area contributed by atoms with E-state index in [0.717, 1.165) is 58.2 Å². The number of methoxy groups -OCH3 is 2. The van der Waals surface area contributed by atoms with Crippen LogP contribution in [0.5, 0.6) is 17.6 Å². The van der Waals surface area contributed by atoms with E-state index in [1.165, 1.54) is 0 Å². The minimum Gasteiger partial charge on any atom is -0.481 e. The van der Waals surface area contributed by atoms with Gasteiger partial charge in [-0.05, 0) is 67.5 Å². The van der Waals surface area contributed by atoms with Gasteiger partial charge in [0, 0.05) is 60.4 Å². The van der Waals surface area contributed by atoms with Crippen LogP contribution in [-0.2, 0) is 29.1 Å². The molecule has 3 fully saturated rings. The lowest BCUT2D eigenvalue weighted by molar-refractivity contribution is -0.143. The topological polar surface area (TPSA) is 135 Å². The number of nitrogens with one attached hydrogen (secondary N) is 2. The van der Waals surface area contributed by atoms with Crippen LogP contribution in [-0.4, -0.2) is 71.2 Å². The second-order valence-corrected chi connectivity index (χ2v) is 15.1. The summed E-state index contributed by atoms with van der Waals surface area (Å²) in [6.07, 6.45) is 3.98. The van der Waals surface area contributed by atoms with Crippen LogP contribution in [0.25, 0.3) is 22.4 Å². The van der Waals surface area contributed by atoms with Crippen molar-refractivity contribution in [2.24, 2.45) is 5.41 Å². The van der Waals surface area contributed by atoms with E-state index in [9.17, 15) is 14.7 Å². The lowest BCUT2D eigenvalue weighted by Gasteiger charge is -2.21. The van der Waals surface area contributed by atoms with Gasteiger partial charge in [0.2, 0.25) is 23.5 Å². The predicted molar refractivity (Wildman–Crippen MR) is 201 cm³/mol. The van der Waals surface area contributed by atoms with Gasteiger partial charge in [0.05, 0.1) is 30.4 Å². The number of rotatable bonds is 13. The minimum absolute atomic E-state index is 0.0319. The molecule has 3 N–H and O–H groups in total. The Kier molecular flexibility index (Phi) is 9.69. The summed E-state index contributed by atoms with van der Waals surface area (Å²) in [5.74, 6) is 0.619. The van der Waals surface area contributed by atoms with E-state index in [1.807, 2.05) is 42.5 Å². The molecule has 53 heavy (non-hydrogen) atoms. The van der Waals surface area contributed by atoms with Gasteiger partial charge in [-0.15, -0.1) is 0 Å². The molecule has 4 aromatic rings. The number of aromatic nitrogens is 2. The molecular formula is C40H41Cl2N5O6. The standard InChI is InChI=1S/C40H41Cl2N5O6/c1-51-36-22(19-43-20-24-10-14-34(48)44-24)9-12-31(45-36)29-8-4-7-28(35(29)42)25-5-3-6-27-26(25)11-13-32(27)53-38-30(41)17-23(37(46-38)52-2)21-47-16-15-40(39(49)50)18-33(40)47/h3-9,12,17,24,32-33,43H,10-11,13-16,18-21H2,1-2H3,(H,44,48)(H,49,50)/t24-,32-,33?,40?/m0/s1. The van der Waals surface area contributed by atoms with Crippen molar-refractivity contribution in [1.29, 1.82) is 0 Å². The Morgan fingerprint density at radius 3 is 2.49 bits per heavy atom. The number of piperidine rings is 1. The molecule has 2 unspecified atom stereocenters. The SMILES string of the molecule is COc1nc(-c2cccc(-c3cccc4c3CC[C@@H]4Oc3nc(OC)c(CN4CCC5(C(=O)O)CC45)cc3Cl)c2Cl)ccc1CNC[C@@H]1CCC(=O)N1. The molecule has 1 amide bonds. The smallest absolute Gasteiger partial charge is 0.311 e. The zero-order chi connectivity index (χ0) is 36.9. The summed E-state index contributed by atoms with van der Waals surface area (Å²) < 4.78 is 17.8. The number of hydrogen-bond acceptors (Lipinski definition) is 9. The van der Waals surface area contributed by atoms with Crippen LogP contribution in [0.2, 0.25) is 10.0 Å². The molecule has 0 radical (unpaired) electrons. The van der Waals surface area contributed by atoms with Crippen molar-refractivity contribution >= 4 is 35.1 Å². The van der Waals surface area contributed by atoms with E-state index in [0.29, 0.717) is 78.8 Å². The highest BCUT2D eigenvalue weighted by Gasteiger charge is 2.66. The van der Waals surface area contributed by atoms with E-state index in [2.05, 4.69) is 32.7 Å². The molecule has 2 aliphatic heterocycles. The van der Waals surface area contributed by atoms with E-state index in [4.69, 9.17) is 42.4 Å². The summed E-state index contributed by atoms with van der Waals surface area (Å²) in [4.78, 5) is 35.0. The molecule has 2 aliphatic carbocycles. The second-order valence-electron chi connectivity index (χ2n) is 14.3. The van der Waals surface area contributed by atoms with Crippen LogP contribution in [0.15, 0.2) is 54.6 Å². The van der Waals surface area contributed by atoms with Crippen LogP contribution in [0.3, 0.4) is 0 Å². The van der Waals surface area contributed by atoms with E-state index < -0.39 is 11.4 Å². The molecular weight excluding hydrogens is 717 g/mol. The Hall–Kier alpha value is -4.42. The van der Waals surface area contributed by atoms with Crippen molar-refractivity contribution in [3.05, 3.63) is 86.9 Å². The first kappa shape index (κ1) is 35.6. The summed E-state index contributed by atoms with van der Waals surface area (Å²) >= 11 is 14.0. The third kappa shape index (κ3) is 6.69. The summed E-state index contributed by atoms with van der Waals surface area (Å²) in [5, 5.41) is 17.1. The van der Waals surface area contributed by atoms with Crippen molar-refractivity contribution in [3.63, 3.8) is 0 Å². The maximum Gasteiger partial charge on any atom is 0.311 e. The van der Waals surface area contributed by atoms with Crippen LogP contribution in [0.4, 0.5) is 0 Å². The molecule has 2 aromatic carbocycles. The number of amides is 1. The number of ether oxygens (including phenoxy) is 3. The number of carboxylic acid groups (broad SMARTS) is 1. The number of halogens is 2. The summed E-state index contributed by atoms with van der Waals surface area (Å²) in [7, 11) is 3.18. The van der Waals surface area contributed by atoms with Gasteiger partial charge in [0.1, 0.15) is 11.1 Å². The van der Waals surface area contributed by atoms with Crippen LogP contribution in [0, 0.1) is 5.41 Å².